The van der Waals surface area contributed by atoms with Crippen LogP contribution in [-0.4, -0.2) is 15.3 Å². The quantitative estimate of drug-likeness (QED) is 0.470. The third-order valence-corrected chi connectivity index (χ3v) is 2.91. The lowest BCUT2D eigenvalue weighted by Gasteiger charge is -2.02. The molecule has 0 saturated carbocycles. The molecule has 0 spiro atoms. The van der Waals surface area contributed by atoms with Crippen molar-refractivity contribution >= 4 is 11.5 Å². The minimum atomic E-state index is -0.419. The van der Waals surface area contributed by atoms with Gasteiger partial charge in [0.2, 0.25) is 0 Å². The lowest BCUT2D eigenvalue weighted by molar-refractivity contribution is -0.384. The van der Waals surface area contributed by atoms with Crippen LogP contribution >= 0.6 is 0 Å². The molecule has 5 heteroatoms. The molecule has 0 aliphatic rings. The van der Waals surface area contributed by atoms with E-state index < -0.39 is 4.92 Å². The number of hydrogen-bond acceptors (Lipinski definition) is 3. The van der Waals surface area contributed by atoms with Crippen LogP contribution in [0.3, 0.4) is 0 Å². The van der Waals surface area contributed by atoms with Gasteiger partial charge in [-0.2, -0.15) is 0 Å². The third kappa shape index (κ3) is 3.07. The first-order valence-electron chi connectivity index (χ1n) is 6.02. The number of rotatable bonds is 5. The zero-order valence-corrected chi connectivity index (χ0v) is 10.6. The van der Waals surface area contributed by atoms with Crippen LogP contribution in [0.1, 0.15) is 29.3 Å². The highest BCUT2D eigenvalue weighted by atomic mass is 16.6. The first-order chi connectivity index (χ1) is 9.10. The fourth-order valence-electron chi connectivity index (χ4n) is 1.84. The topological polar surface area (TPSA) is 65.1 Å². The van der Waals surface area contributed by atoms with Crippen LogP contribution in [0.5, 0.6) is 0 Å². The number of ketones is 1. The number of non-ortho nitro benzene ring substituents is 1. The molecule has 1 heterocycles. The van der Waals surface area contributed by atoms with Gasteiger partial charge in [-0.15, -0.1) is 0 Å². The minimum Gasteiger partial charge on any atom is -0.349 e. The maximum Gasteiger partial charge on any atom is 0.269 e. The predicted octanol–water partition coefficient (Wildman–Crippen LogP) is 3.04. The summed E-state index contributed by atoms with van der Waals surface area (Å²) in [5.41, 5.74) is 1.74. The molecule has 0 amide bonds. The molecular formula is C14H14N2O3. The van der Waals surface area contributed by atoms with Gasteiger partial charge >= 0.3 is 0 Å². The summed E-state index contributed by atoms with van der Waals surface area (Å²) >= 11 is 0. The van der Waals surface area contributed by atoms with Gasteiger partial charge in [0.15, 0.2) is 5.78 Å². The van der Waals surface area contributed by atoms with E-state index in [9.17, 15) is 14.9 Å². The smallest absolute Gasteiger partial charge is 0.269 e. The number of nitro groups is 1. The van der Waals surface area contributed by atoms with Crippen molar-refractivity contribution in [2.24, 2.45) is 0 Å². The van der Waals surface area contributed by atoms with E-state index in [0.29, 0.717) is 18.5 Å². The molecular weight excluding hydrogens is 244 g/mol. The van der Waals surface area contributed by atoms with Gasteiger partial charge in [-0.3, -0.25) is 14.9 Å². The molecule has 0 saturated heterocycles. The van der Waals surface area contributed by atoms with Crippen LogP contribution in [-0.2, 0) is 6.54 Å². The Kier molecular flexibility index (Phi) is 3.75. The van der Waals surface area contributed by atoms with Crippen LogP contribution in [0, 0.1) is 10.1 Å². The van der Waals surface area contributed by atoms with Gasteiger partial charge in [0.1, 0.15) is 0 Å². The number of aromatic nitrogens is 1. The molecule has 0 aliphatic heterocycles. The summed E-state index contributed by atoms with van der Waals surface area (Å²) < 4.78 is 1.89. The zero-order chi connectivity index (χ0) is 13.8. The molecule has 0 radical (unpaired) electrons. The fourth-order valence-corrected chi connectivity index (χ4v) is 1.84. The summed E-state index contributed by atoms with van der Waals surface area (Å²) in [6, 6.07) is 8.20. The summed E-state index contributed by atoms with van der Waals surface area (Å²) in [6.07, 6.45) is 4.12. The Labute approximate surface area is 110 Å². The van der Waals surface area contributed by atoms with E-state index in [1.807, 2.05) is 17.7 Å². The van der Waals surface area contributed by atoms with Crippen LogP contribution in [0.4, 0.5) is 5.69 Å². The maximum absolute atomic E-state index is 11.5. The van der Waals surface area contributed by atoms with Crippen molar-refractivity contribution < 1.29 is 9.72 Å². The van der Waals surface area contributed by atoms with Crippen molar-refractivity contribution in [3.63, 3.8) is 0 Å². The second kappa shape index (κ2) is 5.48. The van der Waals surface area contributed by atoms with Gasteiger partial charge in [0.25, 0.3) is 5.69 Å². The number of nitro benzene ring substituents is 1. The van der Waals surface area contributed by atoms with Crippen LogP contribution in [0.2, 0.25) is 0 Å². The molecule has 0 bridgehead atoms. The average Bonchev–Trinajstić information content (AvgIpc) is 2.87. The minimum absolute atomic E-state index is 0.0816. The summed E-state index contributed by atoms with van der Waals surface area (Å²) in [7, 11) is 0. The highest BCUT2D eigenvalue weighted by Crippen LogP contribution is 2.13. The van der Waals surface area contributed by atoms with Gasteiger partial charge in [0, 0.05) is 43.1 Å². The van der Waals surface area contributed by atoms with E-state index in [4.69, 9.17) is 0 Å². The van der Waals surface area contributed by atoms with E-state index >= 15 is 0 Å². The predicted molar refractivity (Wildman–Crippen MR) is 71.3 cm³/mol. The van der Waals surface area contributed by atoms with Crippen molar-refractivity contribution in [1.82, 2.24) is 4.57 Å². The monoisotopic (exact) mass is 258 g/mol. The van der Waals surface area contributed by atoms with Gasteiger partial charge in [-0.05, 0) is 11.6 Å². The van der Waals surface area contributed by atoms with Crippen LogP contribution < -0.4 is 0 Å². The second-order valence-electron chi connectivity index (χ2n) is 4.27. The molecule has 19 heavy (non-hydrogen) atoms. The van der Waals surface area contributed by atoms with Gasteiger partial charge in [-0.25, -0.2) is 0 Å². The number of nitrogens with zero attached hydrogens (tertiary/aromatic N) is 2. The SMILES string of the molecule is CCC(=O)c1ccn(Cc2ccc([N+](=O)[O-])cc2)c1. The molecule has 98 valence electrons. The molecule has 1 aromatic heterocycles. The number of hydrogen-bond donors (Lipinski definition) is 0. The van der Waals surface area contributed by atoms with Gasteiger partial charge < -0.3 is 4.57 Å². The third-order valence-electron chi connectivity index (χ3n) is 2.91. The molecule has 0 atom stereocenters. The first kappa shape index (κ1) is 13.0. The fraction of sp³-hybridized carbons (Fsp3) is 0.214. The molecule has 0 fully saturated rings. The molecule has 0 N–H and O–H groups in total. The number of carbonyl (C=O) groups is 1. The average molecular weight is 258 g/mol. The van der Waals surface area contributed by atoms with E-state index in [1.54, 1.807) is 24.4 Å². The summed E-state index contributed by atoms with van der Waals surface area (Å²) in [5.74, 6) is 0.113. The van der Waals surface area contributed by atoms with E-state index in [-0.39, 0.29) is 11.5 Å². The van der Waals surface area contributed by atoms with Crippen molar-refractivity contribution in [2.45, 2.75) is 19.9 Å². The first-order valence-corrected chi connectivity index (χ1v) is 6.02. The largest absolute Gasteiger partial charge is 0.349 e. The van der Waals surface area contributed by atoms with E-state index in [1.165, 1.54) is 12.1 Å². The Hall–Kier alpha value is -2.43. The second-order valence-corrected chi connectivity index (χ2v) is 4.27. The van der Waals surface area contributed by atoms with Crippen molar-refractivity contribution in [3.8, 4) is 0 Å². The molecule has 0 unspecified atom stereocenters. The Morgan fingerprint density at radius 3 is 2.53 bits per heavy atom. The van der Waals surface area contributed by atoms with Crippen LogP contribution in [0.15, 0.2) is 42.7 Å². The standard InChI is InChI=1S/C14H14N2O3/c1-2-14(17)12-7-8-15(10-12)9-11-3-5-13(6-4-11)16(18)19/h3-8,10H,2,9H2,1H3. The molecule has 5 nitrogen and oxygen atoms in total. The number of benzene rings is 1. The molecule has 0 aliphatic carbocycles. The Balaban J connectivity index is 2.10. The number of carbonyl (C=O) groups excluding carboxylic acids is 1. The van der Waals surface area contributed by atoms with Crippen LogP contribution in [0.25, 0.3) is 0 Å². The lowest BCUT2D eigenvalue weighted by Crippen LogP contribution is -1.98. The van der Waals surface area contributed by atoms with Gasteiger partial charge in [0.05, 0.1) is 4.92 Å². The number of Topliss-reactive ketones (excluding diaryl/α,β-unsaturated/α-hetero) is 1. The molecule has 1 aromatic carbocycles. The van der Waals surface area contributed by atoms with Gasteiger partial charge in [-0.1, -0.05) is 19.1 Å². The van der Waals surface area contributed by atoms with Crippen molar-refractivity contribution in [1.29, 1.82) is 0 Å². The van der Waals surface area contributed by atoms with Crippen molar-refractivity contribution in [2.75, 3.05) is 0 Å². The summed E-state index contributed by atoms with van der Waals surface area (Å²) in [4.78, 5) is 21.6. The Bertz CT molecular complexity index is 599. The van der Waals surface area contributed by atoms with Crippen molar-refractivity contribution in [3.05, 3.63) is 64.0 Å². The van der Waals surface area contributed by atoms with E-state index in [2.05, 4.69) is 0 Å². The molecule has 2 aromatic rings. The maximum atomic E-state index is 11.5. The highest BCUT2D eigenvalue weighted by molar-refractivity contribution is 5.95. The van der Waals surface area contributed by atoms with E-state index in [0.717, 1.165) is 5.56 Å². The summed E-state index contributed by atoms with van der Waals surface area (Å²) in [5, 5.41) is 10.5. The highest BCUT2D eigenvalue weighted by Gasteiger charge is 2.06. The Morgan fingerprint density at radius 1 is 1.26 bits per heavy atom. The Morgan fingerprint density at radius 2 is 1.95 bits per heavy atom. The zero-order valence-electron chi connectivity index (χ0n) is 10.6. The molecule has 2 rings (SSSR count). The summed E-state index contributed by atoms with van der Waals surface area (Å²) in [6.45, 7) is 2.42. The lowest BCUT2D eigenvalue weighted by atomic mass is 10.2. The normalized spacial score (nSPS) is 10.4.